The van der Waals surface area contributed by atoms with Gasteiger partial charge in [0.1, 0.15) is 4.90 Å². The zero-order chi connectivity index (χ0) is 9.35. The summed E-state index contributed by atoms with van der Waals surface area (Å²) in [6, 6.07) is 4.16. The van der Waals surface area contributed by atoms with E-state index >= 15 is 0 Å². The Balaban J connectivity index is 3.43. The summed E-state index contributed by atoms with van der Waals surface area (Å²) in [7, 11) is -4.18. The molecule has 0 atom stereocenters. The first-order chi connectivity index (χ1) is 5.41. The van der Waals surface area contributed by atoms with Gasteiger partial charge in [-0.25, -0.2) is 0 Å². The van der Waals surface area contributed by atoms with Crippen LogP contribution in [0.3, 0.4) is 0 Å². The number of hydrogen-bond donors (Lipinski definition) is 2. The van der Waals surface area contributed by atoms with Crippen molar-refractivity contribution in [3.63, 3.8) is 0 Å². The third kappa shape index (κ3) is 1.96. The van der Waals surface area contributed by atoms with Crippen molar-refractivity contribution in [2.24, 2.45) is 0 Å². The van der Waals surface area contributed by atoms with Crippen LogP contribution in [-0.4, -0.2) is 13.0 Å². The first kappa shape index (κ1) is 9.50. The molecular weight excluding hydrogens is 246 g/mol. The van der Waals surface area contributed by atoms with Crippen molar-refractivity contribution in [2.45, 2.75) is 4.90 Å². The Labute approximate surface area is 78.3 Å². The molecule has 0 bridgehead atoms. The normalized spacial score (nSPS) is 11.5. The van der Waals surface area contributed by atoms with Crippen molar-refractivity contribution in [1.29, 1.82) is 0 Å². The number of rotatable bonds is 1. The summed E-state index contributed by atoms with van der Waals surface area (Å²) in [6.07, 6.45) is 0. The number of anilines is 1. The third-order valence-electron chi connectivity index (χ3n) is 1.23. The fourth-order valence-corrected chi connectivity index (χ4v) is 2.18. The molecule has 0 amide bonds. The lowest BCUT2D eigenvalue weighted by atomic mass is 10.3. The SMILES string of the molecule is Nc1ccc(Br)c(S(=O)(=O)O)c1. The Kier molecular flexibility index (Phi) is 2.41. The molecule has 4 nitrogen and oxygen atoms in total. The van der Waals surface area contributed by atoms with Gasteiger partial charge in [0.15, 0.2) is 0 Å². The van der Waals surface area contributed by atoms with Crippen molar-refractivity contribution in [2.75, 3.05) is 5.73 Å². The highest BCUT2D eigenvalue weighted by Crippen LogP contribution is 2.23. The van der Waals surface area contributed by atoms with Crippen molar-refractivity contribution in [3.05, 3.63) is 22.7 Å². The smallest absolute Gasteiger partial charge is 0.295 e. The highest BCUT2D eigenvalue weighted by molar-refractivity contribution is 9.10. The van der Waals surface area contributed by atoms with E-state index in [1.54, 1.807) is 0 Å². The van der Waals surface area contributed by atoms with Crippen molar-refractivity contribution in [3.8, 4) is 0 Å². The van der Waals surface area contributed by atoms with Crippen LogP contribution in [0.25, 0.3) is 0 Å². The molecule has 0 radical (unpaired) electrons. The fraction of sp³-hybridized carbons (Fsp3) is 0. The van der Waals surface area contributed by atoms with E-state index in [2.05, 4.69) is 15.9 Å². The largest absolute Gasteiger partial charge is 0.399 e. The van der Waals surface area contributed by atoms with Crippen LogP contribution in [0.2, 0.25) is 0 Å². The molecular formula is C6H6BrNO3S. The molecule has 0 spiro atoms. The van der Waals surface area contributed by atoms with Gasteiger partial charge in [-0.2, -0.15) is 8.42 Å². The molecule has 0 aromatic heterocycles. The van der Waals surface area contributed by atoms with Gasteiger partial charge >= 0.3 is 0 Å². The van der Waals surface area contributed by atoms with Gasteiger partial charge in [0.2, 0.25) is 0 Å². The number of nitrogen functional groups attached to an aromatic ring is 1. The predicted octanol–water partition coefficient (Wildman–Crippen LogP) is 1.28. The van der Waals surface area contributed by atoms with Crippen LogP contribution in [0.1, 0.15) is 0 Å². The average molecular weight is 252 g/mol. The zero-order valence-corrected chi connectivity index (χ0v) is 8.26. The van der Waals surface area contributed by atoms with Gasteiger partial charge in [0, 0.05) is 10.2 Å². The van der Waals surface area contributed by atoms with E-state index < -0.39 is 10.1 Å². The second kappa shape index (κ2) is 3.04. The molecule has 66 valence electrons. The predicted molar refractivity (Wildman–Crippen MR) is 48.4 cm³/mol. The summed E-state index contributed by atoms with van der Waals surface area (Å²) in [5.74, 6) is 0. The molecule has 0 saturated heterocycles. The number of halogens is 1. The molecule has 1 rings (SSSR count). The quantitative estimate of drug-likeness (QED) is 0.582. The average Bonchev–Trinajstić information content (AvgIpc) is 1.92. The van der Waals surface area contributed by atoms with E-state index in [-0.39, 0.29) is 10.6 Å². The maximum absolute atomic E-state index is 10.7. The van der Waals surface area contributed by atoms with Gasteiger partial charge in [-0.1, -0.05) is 0 Å². The molecule has 3 N–H and O–H groups in total. The van der Waals surface area contributed by atoms with E-state index in [1.807, 2.05) is 0 Å². The molecule has 1 aromatic carbocycles. The standard InChI is InChI=1S/C6H6BrNO3S/c7-5-2-1-4(8)3-6(5)12(9,10)11/h1-3H,8H2,(H,9,10,11). The second-order valence-electron chi connectivity index (χ2n) is 2.16. The summed E-state index contributed by atoms with van der Waals surface area (Å²) >= 11 is 2.97. The Morgan fingerprint density at radius 1 is 1.42 bits per heavy atom. The van der Waals surface area contributed by atoms with Crippen LogP contribution in [0.15, 0.2) is 27.6 Å². The van der Waals surface area contributed by atoms with Crippen LogP contribution in [0, 0.1) is 0 Å². The molecule has 0 saturated carbocycles. The highest BCUT2D eigenvalue weighted by atomic mass is 79.9. The summed E-state index contributed by atoms with van der Waals surface area (Å²) in [6.45, 7) is 0. The molecule has 1 aromatic rings. The highest BCUT2D eigenvalue weighted by Gasteiger charge is 2.13. The fourth-order valence-electron chi connectivity index (χ4n) is 0.718. The number of benzene rings is 1. The molecule has 6 heteroatoms. The lowest BCUT2D eigenvalue weighted by Gasteiger charge is -2.00. The van der Waals surface area contributed by atoms with Gasteiger partial charge < -0.3 is 5.73 Å². The molecule has 0 heterocycles. The van der Waals surface area contributed by atoms with Crippen LogP contribution in [-0.2, 0) is 10.1 Å². The maximum Gasteiger partial charge on any atom is 0.295 e. The van der Waals surface area contributed by atoms with Gasteiger partial charge in [-0.05, 0) is 34.1 Å². The van der Waals surface area contributed by atoms with Crippen molar-refractivity contribution >= 4 is 31.7 Å². The minimum atomic E-state index is -4.18. The van der Waals surface area contributed by atoms with Crippen LogP contribution >= 0.6 is 15.9 Å². The van der Waals surface area contributed by atoms with Gasteiger partial charge in [-0.15, -0.1) is 0 Å². The first-order valence-corrected chi connectivity index (χ1v) is 5.17. The zero-order valence-electron chi connectivity index (χ0n) is 5.86. The Morgan fingerprint density at radius 3 is 2.42 bits per heavy atom. The van der Waals surface area contributed by atoms with Crippen molar-refractivity contribution < 1.29 is 13.0 Å². The van der Waals surface area contributed by atoms with Gasteiger partial charge in [-0.3, -0.25) is 4.55 Å². The minimum absolute atomic E-state index is 0.220. The van der Waals surface area contributed by atoms with E-state index in [4.69, 9.17) is 10.3 Å². The maximum atomic E-state index is 10.7. The number of hydrogen-bond acceptors (Lipinski definition) is 3. The number of nitrogens with two attached hydrogens (primary N) is 1. The molecule has 0 aliphatic heterocycles. The van der Waals surface area contributed by atoms with Gasteiger partial charge in [0.25, 0.3) is 10.1 Å². The molecule has 0 aliphatic rings. The molecule has 0 fully saturated rings. The molecule has 0 aliphatic carbocycles. The summed E-state index contributed by atoms with van der Waals surface area (Å²) in [5, 5.41) is 0. The molecule has 0 unspecified atom stereocenters. The van der Waals surface area contributed by atoms with E-state index in [1.165, 1.54) is 18.2 Å². The topological polar surface area (TPSA) is 80.4 Å². The monoisotopic (exact) mass is 251 g/mol. The second-order valence-corrected chi connectivity index (χ2v) is 4.41. The molecule has 12 heavy (non-hydrogen) atoms. The third-order valence-corrected chi connectivity index (χ3v) is 3.08. The summed E-state index contributed by atoms with van der Waals surface area (Å²) < 4.78 is 30.3. The Morgan fingerprint density at radius 2 is 2.00 bits per heavy atom. The van der Waals surface area contributed by atoms with Crippen LogP contribution < -0.4 is 5.73 Å². The van der Waals surface area contributed by atoms with E-state index in [0.717, 1.165) is 0 Å². The van der Waals surface area contributed by atoms with Crippen molar-refractivity contribution in [1.82, 2.24) is 0 Å². The van der Waals surface area contributed by atoms with Crippen LogP contribution in [0.5, 0.6) is 0 Å². The summed E-state index contributed by atoms with van der Waals surface area (Å²) in [4.78, 5) is -0.220. The van der Waals surface area contributed by atoms with E-state index in [9.17, 15) is 8.42 Å². The summed E-state index contributed by atoms with van der Waals surface area (Å²) in [5.41, 5.74) is 5.61. The minimum Gasteiger partial charge on any atom is -0.399 e. The Hall–Kier alpha value is -0.590. The van der Waals surface area contributed by atoms with E-state index in [0.29, 0.717) is 4.47 Å². The lowest BCUT2D eigenvalue weighted by Crippen LogP contribution is -2.00. The van der Waals surface area contributed by atoms with Gasteiger partial charge in [0.05, 0.1) is 0 Å². The first-order valence-electron chi connectivity index (χ1n) is 2.94. The van der Waals surface area contributed by atoms with Crippen LogP contribution in [0.4, 0.5) is 5.69 Å². The lowest BCUT2D eigenvalue weighted by molar-refractivity contribution is 0.482. The Bertz CT molecular complexity index is 401.